The number of carbonyl (C=O) groups excluding carboxylic acids is 1. The van der Waals surface area contributed by atoms with Gasteiger partial charge in [-0.05, 0) is 43.0 Å². The molecule has 0 aliphatic heterocycles. The Morgan fingerprint density at radius 3 is 1.70 bits per heavy atom. The van der Waals surface area contributed by atoms with Gasteiger partial charge in [0.1, 0.15) is 0 Å². The molecule has 0 aromatic heterocycles. The molecule has 0 bridgehead atoms. The SMILES string of the molecule is CCCCCCCCCCCCCCCCC=CCCC(Br)=CCCCC(=O)OC. The molecular weight excluding hydrogens is 436 g/mol. The van der Waals surface area contributed by atoms with Gasteiger partial charge in [0.25, 0.3) is 0 Å². The summed E-state index contributed by atoms with van der Waals surface area (Å²) in [7, 11) is 1.44. The standard InChI is InChI=1S/C27H49BrO2/c1-3-4-5-6-7-8-9-10-11-12-13-14-15-16-17-18-19-20-23-26(28)24-21-22-25-27(29)30-2/h18-19,24H,3-17,20-23,25H2,1-2H3. The van der Waals surface area contributed by atoms with Crippen LogP contribution in [0.5, 0.6) is 0 Å². The molecule has 0 spiro atoms. The number of allylic oxidation sites excluding steroid dienone is 4. The summed E-state index contributed by atoms with van der Waals surface area (Å²) in [6.45, 7) is 2.29. The van der Waals surface area contributed by atoms with Crippen molar-refractivity contribution in [2.75, 3.05) is 7.11 Å². The van der Waals surface area contributed by atoms with Gasteiger partial charge in [0.05, 0.1) is 7.11 Å². The van der Waals surface area contributed by atoms with Crippen molar-refractivity contribution in [3.63, 3.8) is 0 Å². The van der Waals surface area contributed by atoms with E-state index in [-0.39, 0.29) is 5.97 Å². The summed E-state index contributed by atoms with van der Waals surface area (Å²) in [5, 5.41) is 0. The van der Waals surface area contributed by atoms with Crippen molar-refractivity contribution in [1.82, 2.24) is 0 Å². The van der Waals surface area contributed by atoms with Gasteiger partial charge in [-0.15, -0.1) is 0 Å². The highest BCUT2D eigenvalue weighted by Gasteiger charge is 1.98. The number of ether oxygens (including phenoxy) is 1. The zero-order valence-electron chi connectivity index (χ0n) is 20.1. The Morgan fingerprint density at radius 2 is 1.17 bits per heavy atom. The maximum Gasteiger partial charge on any atom is 0.305 e. The molecule has 0 aliphatic rings. The van der Waals surface area contributed by atoms with Crippen LogP contribution in [0.1, 0.15) is 135 Å². The molecule has 0 N–H and O–H groups in total. The second-order valence-electron chi connectivity index (χ2n) is 8.51. The summed E-state index contributed by atoms with van der Waals surface area (Å²) in [4.78, 5) is 11.0. The van der Waals surface area contributed by atoms with Gasteiger partial charge in [-0.2, -0.15) is 0 Å². The minimum atomic E-state index is -0.119. The Bertz CT molecular complexity index is 429. The van der Waals surface area contributed by atoms with Gasteiger partial charge in [-0.3, -0.25) is 4.79 Å². The Labute approximate surface area is 196 Å². The number of halogens is 1. The van der Waals surface area contributed by atoms with Crippen molar-refractivity contribution in [3.8, 4) is 0 Å². The van der Waals surface area contributed by atoms with Gasteiger partial charge in [-0.1, -0.05) is 125 Å². The Morgan fingerprint density at radius 1 is 0.667 bits per heavy atom. The van der Waals surface area contributed by atoms with Crippen LogP contribution >= 0.6 is 15.9 Å². The Kier molecular flexibility index (Phi) is 24.2. The molecule has 0 aromatic rings. The largest absolute Gasteiger partial charge is 0.469 e. The first-order valence-electron chi connectivity index (χ1n) is 12.8. The lowest BCUT2D eigenvalue weighted by Gasteiger charge is -2.03. The normalized spacial score (nSPS) is 12.0. The van der Waals surface area contributed by atoms with Crippen LogP contribution in [0.25, 0.3) is 0 Å². The molecule has 0 saturated heterocycles. The monoisotopic (exact) mass is 484 g/mol. The van der Waals surface area contributed by atoms with Crippen molar-refractivity contribution in [1.29, 1.82) is 0 Å². The molecule has 0 aliphatic carbocycles. The summed E-state index contributed by atoms with van der Waals surface area (Å²) in [5.74, 6) is -0.119. The van der Waals surface area contributed by atoms with Gasteiger partial charge in [0.2, 0.25) is 0 Å². The molecule has 3 heteroatoms. The minimum absolute atomic E-state index is 0.119. The molecule has 0 saturated carbocycles. The van der Waals surface area contributed by atoms with E-state index < -0.39 is 0 Å². The summed E-state index contributed by atoms with van der Waals surface area (Å²) >= 11 is 3.62. The molecule has 2 nitrogen and oxygen atoms in total. The summed E-state index contributed by atoms with van der Waals surface area (Å²) < 4.78 is 5.89. The van der Waals surface area contributed by atoms with Gasteiger partial charge in [0.15, 0.2) is 0 Å². The van der Waals surface area contributed by atoms with E-state index in [1.807, 2.05) is 0 Å². The molecule has 0 radical (unpaired) electrons. The Hall–Kier alpha value is -0.570. The lowest BCUT2D eigenvalue weighted by Crippen LogP contribution is -1.98. The van der Waals surface area contributed by atoms with Crippen LogP contribution in [0, 0.1) is 0 Å². The van der Waals surface area contributed by atoms with E-state index in [1.165, 1.54) is 108 Å². The van der Waals surface area contributed by atoms with Gasteiger partial charge < -0.3 is 4.74 Å². The first kappa shape index (κ1) is 29.4. The molecule has 0 heterocycles. The quantitative estimate of drug-likeness (QED) is 0.0866. The van der Waals surface area contributed by atoms with E-state index in [4.69, 9.17) is 0 Å². The van der Waals surface area contributed by atoms with Crippen LogP contribution in [0.2, 0.25) is 0 Å². The number of rotatable bonds is 22. The number of esters is 1. The molecule has 30 heavy (non-hydrogen) atoms. The fourth-order valence-electron chi connectivity index (χ4n) is 3.62. The predicted molar refractivity (Wildman–Crippen MR) is 136 cm³/mol. The number of hydrogen-bond acceptors (Lipinski definition) is 2. The number of methoxy groups -OCH3 is 1. The topological polar surface area (TPSA) is 26.3 Å². The van der Waals surface area contributed by atoms with Gasteiger partial charge >= 0.3 is 5.97 Å². The van der Waals surface area contributed by atoms with Crippen LogP contribution in [-0.2, 0) is 9.53 Å². The fourth-order valence-corrected chi connectivity index (χ4v) is 4.08. The first-order chi connectivity index (χ1) is 14.7. The third-order valence-electron chi connectivity index (χ3n) is 5.62. The van der Waals surface area contributed by atoms with Crippen molar-refractivity contribution in [2.45, 2.75) is 135 Å². The summed E-state index contributed by atoms with van der Waals surface area (Å²) in [6.07, 6.45) is 32.4. The number of hydrogen-bond donors (Lipinski definition) is 0. The highest BCUT2D eigenvalue weighted by Crippen LogP contribution is 2.16. The molecule has 0 unspecified atom stereocenters. The van der Waals surface area contributed by atoms with Crippen LogP contribution in [0.3, 0.4) is 0 Å². The zero-order valence-corrected chi connectivity index (χ0v) is 21.7. The highest BCUT2D eigenvalue weighted by atomic mass is 79.9. The van der Waals surface area contributed by atoms with Crippen LogP contribution < -0.4 is 0 Å². The molecule has 0 atom stereocenters. The smallest absolute Gasteiger partial charge is 0.305 e. The third-order valence-corrected chi connectivity index (χ3v) is 6.34. The highest BCUT2D eigenvalue weighted by molar-refractivity contribution is 9.11. The first-order valence-corrected chi connectivity index (χ1v) is 13.6. The van der Waals surface area contributed by atoms with Crippen molar-refractivity contribution in [3.05, 3.63) is 22.7 Å². The summed E-state index contributed by atoms with van der Waals surface area (Å²) in [5.41, 5.74) is 0. The van der Waals surface area contributed by atoms with E-state index in [2.05, 4.69) is 45.8 Å². The number of unbranched alkanes of at least 4 members (excludes halogenated alkanes) is 15. The van der Waals surface area contributed by atoms with E-state index in [9.17, 15) is 4.79 Å². The van der Waals surface area contributed by atoms with E-state index >= 15 is 0 Å². The average molecular weight is 486 g/mol. The maximum absolute atomic E-state index is 11.0. The molecule has 0 aromatic carbocycles. The van der Waals surface area contributed by atoms with E-state index in [1.54, 1.807) is 0 Å². The lowest BCUT2D eigenvalue weighted by atomic mass is 10.0. The minimum Gasteiger partial charge on any atom is -0.469 e. The molecule has 176 valence electrons. The van der Waals surface area contributed by atoms with Gasteiger partial charge in [-0.25, -0.2) is 0 Å². The van der Waals surface area contributed by atoms with Crippen molar-refractivity contribution >= 4 is 21.9 Å². The zero-order chi connectivity index (χ0) is 22.1. The van der Waals surface area contributed by atoms with Crippen molar-refractivity contribution in [2.24, 2.45) is 0 Å². The average Bonchev–Trinajstić information content (AvgIpc) is 2.75. The van der Waals surface area contributed by atoms with Crippen molar-refractivity contribution < 1.29 is 9.53 Å². The third kappa shape index (κ3) is 23.7. The van der Waals surface area contributed by atoms with Gasteiger partial charge in [0, 0.05) is 6.42 Å². The fraction of sp³-hybridized carbons (Fsp3) is 0.815. The number of carbonyl (C=O) groups is 1. The maximum atomic E-state index is 11.0. The van der Waals surface area contributed by atoms with Crippen LogP contribution in [-0.4, -0.2) is 13.1 Å². The molecule has 0 amide bonds. The lowest BCUT2D eigenvalue weighted by molar-refractivity contribution is -0.140. The molecule has 0 rings (SSSR count). The predicted octanol–water partition coefficient (Wildman–Crippen LogP) is 9.82. The van der Waals surface area contributed by atoms with Crippen LogP contribution in [0.4, 0.5) is 0 Å². The summed E-state index contributed by atoms with van der Waals surface area (Å²) in [6, 6.07) is 0. The molecular formula is C27H49BrO2. The Balaban J connectivity index is 3.29. The second-order valence-corrected chi connectivity index (χ2v) is 9.53. The second kappa shape index (κ2) is 24.7. The molecule has 0 fully saturated rings. The van der Waals surface area contributed by atoms with E-state index in [0.717, 1.165) is 25.7 Å². The van der Waals surface area contributed by atoms with E-state index in [0.29, 0.717) is 6.42 Å². The van der Waals surface area contributed by atoms with Crippen LogP contribution in [0.15, 0.2) is 22.7 Å².